The van der Waals surface area contributed by atoms with Gasteiger partial charge in [0, 0.05) is 25.2 Å². The fraction of sp³-hybridized carbons (Fsp3) is 0.625. The molecule has 0 aliphatic carbocycles. The number of aryl methyl sites for hydroxylation is 1. The monoisotopic (exact) mass is 264 g/mol. The van der Waals surface area contributed by atoms with Gasteiger partial charge in [-0.05, 0) is 57.7 Å². The van der Waals surface area contributed by atoms with Crippen LogP contribution in [-0.4, -0.2) is 25.2 Å². The first-order chi connectivity index (χ1) is 8.85. The summed E-state index contributed by atoms with van der Waals surface area (Å²) >= 11 is 0. The van der Waals surface area contributed by atoms with Gasteiger partial charge in [0.15, 0.2) is 0 Å². The molecule has 0 spiro atoms. The molecule has 1 saturated heterocycles. The van der Waals surface area contributed by atoms with Gasteiger partial charge in [-0.3, -0.25) is 0 Å². The van der Waals surface area contributed by atoms with E-state index in [1.54, 1.807) is 6.07 Å². The molecule has 1 heterocycles. The average Bonchev–Trinajstić information content (AvgIpc) is 2.74. The van der Waals surface area contributed by atoms with Crippen LogP contribution in [0, 0.1) is 18.7 Å². The van der Waals surface area contributed by atoms with Crippen LogP contribution >= 0.6 is 0 Å². The highest BCUT2D eigenvalue weighted by Crippen LogP contribution is 2.26. The number of nitrogens with zero attached hydrogens (tertiary/aromatic N) is 1. The van der Waals surface area contributed by atoms with Crippen molar-refractivity contribution >= 4 is 5.69 Å². The van der Waals surface area contributed by atoms with Gasteiger partial charge >= 0.3 is 0 Å². The standard InChI is InChI=1S/C16H25FN2/c1-12-5-6-15(14(17)9-12)19-8-7-13(11-19)10-18-16(2,3)4/h5-6,9,13,18H,7-8,10-11H2,1-4H3. The molecule has 0 saturated carbocycles. The zero-order valence-corrected chi connectivity index (χ0v) is 12.5. The molecule has 1 atom stereocenters. The summed E-state index contributed by atoms with van der Waals surface area (Å²) in [5.74, 6) is 0.518. The number of anilines is 1. The molecule has 0 bridgehead atoms. The van der Waals surface area contributed by atoms with Crippen LogP contribution < -0.4 is 10.2 Å². The van der Waals surface area contributed by atoms with Crippen molar-refractivity contribution in [2.45, 2.75) is 39.7 Å². The van der Waals surface area contributed by atoms with E-state index >= 15 is 0 Å². The summed E-state index contributed by atoms with van der Waals surface area (Å²) in [6.45, 7) is 11.4. The lowest BCUT2D eigenvalue weighted by Crippen LogP contribution is -2.39. The van der Waals surface area contributed by atoms with Crippen molar-refractivity contribution in [2.24, 2.45) is 5.92 Å². The summed E-state index contributed by atoms with van der Waals surface area (Å²) in [5.41, 5.74) is 1.89. The van der Waals surface area contributed by atoms with E-state index in [4.69, 9.17) is 0 Å². The summed E-state index contributed by atoms with van der Waals surface area (Å²) < 4.78 is 13.9. The van der Waals surface area contributed by atoms with Gasteiger partial charge in [0.25, 0.3) is 0 Å². The third kappa shape index (κ3) is 3.93. The Morgan fingerprint density at radius 2 is 2.11 bits per heavy atom. The Bertz CT molecular complexity index is 437. The Morgan fingerprint density at radius 1 is 1.37 bits per heavy atom. The van der Waals surface area contributed by atoms with Gasteiger partial charge in [-0.2, -0.15) is 0 Å². The molecular formula is C16H25FN2. The summed E-state index contributed by atoms with van der Waals surface area (Å²) in [4.78, 5) is 2.17. The molecule has 1 unspecified atom stereocenters. The number of rotatable bonds is 3. The largest absolute Gasteiger partial charge is 0.369 e. The van der Waals surface area contributed by atoms with Gasteiger partial charge in [0.2, 0.25) is 0 Å². The molecule has 0 amide bonds. The topological polar surface area (TPSA) is 15.3 Å². The average molecular weight is 264 g/mol. The van der Waals surface area contributed by atoms with Crippen LogP contribution in [0.5, 0.6) is 0 Å². The molecule has 1 aliphatic rings. The quantitative estimate of drug-likeness (QED) is 0.900. The maximum Gasteiger partial charge on any atom is 0.146 e. The zero-order chi connectivity index (χ0) is 14.0. The molecule has 1 aliphatic heterocycles. The Labute approximate surface area is 116 Å². The summed E-state index contributed by atoms with van der Waals surface area (Å²) in [6.07, 6.45) is 1.14. The first kappa shape index (κ1) is 14.3. The molecule has 1 N–H and O–H groups in total. The van der Waals surface area contributed by atoms with Crippen LogP contribution in [0.4, 0.5) is 10.1 Å². The number of halogens is 1. The predicted octanol–water partition coefficient (Wildman–Crippen LogP) is 3.35. The molecule has 1 aromatic carbocycles. The predicted molar refractivity (Wildman–Crippen MR) is 79.2 cm³/mol. The normalized spacial score (nSPS) is 20.1. The van der Waals surface area contributed by atoms with Gasteiger partial charge in [-0.25, -0.2) is 4.39 Å². The summed E-state index contributed by atoms with van der Waals surface area (Å²) in [6, 6.07) is 5.51. The van der Waals surface area contributed by atoms with E-state index in [1.807, 2.05) is 19.1 Å². The highest BCUT2D eigenvalue weighted by molar-refractivity contribution is 5.49. The van der Waals surface area contributed by atoms with E-state index < -0.39 is 0 Å². The highest BCUT2D eigenvalue weighted by atomic mass is 19.1. The number of benzene rings is 1. The lowest BCUT2D eigenvalue weighted by Gasteiger charge is -2.24. The van der Waals surface area contributed by atoms with Crippen molar-refractivity contribution in [3.8, 4) is 0 Å². The van der Waals surface area contributed by atoms with Crippen molar-refractivity contribution in [1.82, 2.24) is 5.32 Å². The van der Waals surface area contributed by atoms with Crippen molar-refractivity contribution in [1.29, 1.82) is 0 Å². The van der Waals surface area contributed by atoms with Crippen LogP contribution in [0.15, 0.2) is 18.2 Å². The zero-order valence-electron chi connectivity index (χ0n) is 12.5. The van der Waals surface area contributed by atoms with Crippen molar-refractivity contribution in [3.05, 3.63) is 29.6 Å². The maximum atomic E-state index is 13.9. The lowest BCUT2D eigenvalue weighted by atomic mass is 10.1. The highest BCUT2D eigenvalue weighted by Gasteiger charge is 2.25. The molecular weight excluding hydrogens is 239 g/mol. The SMILES string of the molecule is Cc1ccc(N2CCC(CNC(C)(C)C)C2)c(F)c1. The van der Waals surface area contributed by atoms with E-state index in [2.05, 4.69) is 31.0 Å². The van der Waals surface area contributed by atoms with Gasteiger partial charge in [0.1, 0.15) is 5.82 Å². The molecule has 2 rings (SSSR count). The third-order valence-electron chi connectivity index (χ3n) is 3.65. The van der Waals surface area contributed by atoms with E-state index in [-0.39, 0.29) is 11.4 Å². The first-order valence-electron chi connectivity index (χ1n) is 7.11. The Balaban J connectivity index is 1.94. The van der Waals surface area contributed by atoms with Gasteiger partial charge in [-0.1, -0.05) is 6.07 Å². The minimum Gasteiger partial charge on any atom is -0.369 e. The van der Waals surface area contributed by atoms with Crippen LogP contribution in [0.1, 0.15) is 32.8 Å². The number of hydrogen-bond acceptors (Lipinski definition) is 2. The van der Waals surface area contributed by atoms with E-state index in [0.29, 0.717) is 5.92 Å². The fourth-order valence-electron chi connectivity index (χ4n) is 2.54. The molecule has 1 aromatic rings. The van der Waals surface area contributed by atoms with Gasteiger partial charge in [-0.15, -0.1) is 0 Å². The molecule has 106 valence electrons. The van der Waals surface area contributed by atoms with Gasteiger partial charge in [0.05, 0.1) is 5.69 Å². The Kier molecular flexibility index (Phi) is 4.14. The summed E-state index contributed by atoms with van der Waals surface area (Å²) in [5, 5.41) is 3.54. The number of nitrogens with one attached hydrogen (secondary N) is 1. The van der Waals surface area contributed by atoms with Crippen LogP contribution in [0.3, 0.4) is 0 Å². The Morgan fingerprint density at radius 3 is 2.74 bits per heavy atom. The second kappa shape index (κ2) is 5.49. The molecule has 3 heteroatoms. The molecule has 2 nitrogen and oxygen atoms in total. The minimum absolute atomic E-state index is 0.0931. The first-order valence-corrected chi connectivity index (χ1v) is 7.11. The lowest BCUT2D eigenvalue weighted by molar-refractivity contribution is 0.383. The van der Waals surface area contributed by atoms with Crippen molar-refractivity contribution < 1.29 is 4.39 Å². The van der Waals surface area contributed by atoms with Crippen molar-refractivity contribution in [3.63, 3.8) is 0 Å². The van der Waals surface area contributed by atoms with Crippen LogP contribution in [-0.2, 0) is 0 Å². The minimum atomic E-state index is -0.0931. The molecule has 0 aromatic heterocycles. The van der Waals surface area contributed by atoms with E-state index in [9.17, 15) is 4.39 Å². The van der Waals surface area contributed by atoms with E-state index in [0.717, 1.165) is 37.3 Å². The third-order valence-corrected chi connectivity index (χ3v) is 3.65. The smallest absolute Gasteiger partial charge is 0.146 e. The van der Waals surface area contributed by atoms with E-state index in [1.165, 1.54) is 0 Å². The van der Waals surface area contributed by atoms with Crippen LogP contribution in [0.25, 0.3) is 0 Å². The number of hydrogen-bond donors (Lipinski definition) is 1. The molecule has 1 fully saturated rings. The van der Waals surface area contributed by atoms with Gasteiger partial charge < -0.3 is 10.2 Å². The fourth-order valence-corrected chi connectivity index (χ4v) is 2.54. The van der Waals surface area contributed by atoms with Crippen molar-refractivity contribution in [2.75, 3.05) is 24.5 Å². The summed E-state index contributed by atoms with van der Waals surface area (Å²) in [7, 11) is 0. The molecule has 19 heavy (non-hydrogen) atoms. The second-order valence-electron chi connectivity index (χ2n) is 6.69. The second-order valence-corrected chi connectivity index (χ2v) is 6.69. The Hall–Kier alpha value is -1.09. The van der Waals surface area contributed by atoms with Crippen LogP contribution in [0.2, 0.25) is 0 Å². The maximum absolute atomic E-state index is 13.9. The molecule has 0 radical (unpaired) electrons.